The first kappa shape index (κ1) is 16.3. The Kier molecular flexibility index (Phi) is 5.28. The van der Waals surface area contributed by atoms with E-state index < -0.39 is 0 Å². The molecular formula is C18H30N2O. The van der Waals surface area contributed by atoms with Gasteiger partial charge in [0.25, 0.3) is 0 Å². The topological polar surface area (TPSA) is 24.5 Å². The van der Waals surface area contributed by atoms with Crippen LogP contribution in [0.1, 0.15) is 36.8 Å². The van der Waals surface area contributed by atoms with Gasteiger partial charge in [-0.25, -0.2) is 0 Å². The molecular weight excluding hydrogens is 260 g/mol. The molecule has 0 spiro atoms. The zero-order valence-corrected chi connectivity index (χ0v) is 14.2. The molecule has 1 fully saturated rings. The number of nitrogens with one attached hydrogen (secondary N) is 1. The standard InChI is InChI=1S/C18H30N2O/c1-14-8-9-16(21-5)15(12-14)13-17(19-2)18(20(3)4)10-6-7-11-18/h8-9,12,17,19H,6-7,10-11,13H2,1-5H3. The highest BCUT2D eigenvalue weighted by molar-refractivity contribution is 5.38. The molecule has 0 aliphatic heterocycles. The average molecular weight is 290 g/mol. The predicted molar refractivity (Wildman–Crippen MR) is 89.2 cm³/mol. The molecule has 3 nitrogen and oxygen atoms in total. The quantitative estimate of drug-likeness (QED) is 0.871. The summed E-state index contributed by atoms with van der Waals surface area (Å²) in [6.45, 7) is 2.15. The van der Waals surface area contributed by atoms with Crippen LogP contribution in [0.4, 0.5) is 0 Å². The third-order valence-corrected chi connectivity index (χ3v) is 5.22. The zero-order valence-electron chi connectivity index (χ0n) is 14.2. The number of hydrogen-bond acceptors (Lipinski definition) is 3. The van der Waals surface area contributed by atoms with Crippen LogP contribution >= 0.6 is 0 Å². The molecule has 0 radical (unpaired) electrons. The largest absolute Gasteiger partial charge is 0.496 e. The Bertz CT molecular complexity index is 464. The first-order chi connectivity index (χ1) is 10.0. The number of hydrogen-bond donors (Lipinski definition) is 1. The van der Waals surface area contributed by atoms with Crippen LogP contribution in [0.25, 0.3) is 0 Å². The summed E-state index contributed by atoms with van der Waals surface area (Å²) in [5.74, 6) is 1.01. The van der Waals surface area contributed by atoms with Crippen molar-refractivity contribution in [2.75, 3.05) is 28.3 Å². The van der Waals surface area contributed by atoms with Gasteiger partial charge in [-0.3, -0.25) is 0 Å². The van der Waals surface area contributed by atoms with Gasteiger partial charge >= 0.3 is 0 Å². The lowest BCUT2D eigenvalue weighted by Gasteiger charge is -2.43. The summed E-state index contributed by atoms with van der Waals surface area (Å²) < 4.78 is 5.56. The van der Waals surface area contributed by atoms with Gasteiger partial charge in [0.15, 0.2) is 0 Å². The lowest BCUT2D eigenvalue weighted by molar-refractivity contribution is 0.108. The minimum Gasteiger partial charge on any atom is -0.496 e. The molecule has 1 atom stereocenters. The van der Waals surface area contributed by atoms with Crippen molar-refractivity contribution in [3.63, 3.8) is 0 Å². The van der Waals surface area contributed by atoms with Gasteiger partial charge in [-0.15, -0.1) is 0 Å². The number of rotatable bonds is 6. The van der Waals surface area contributed by atoms with Crippen molar-refractivity contribution in [3.05, 3.63) is 29.3 Å². The Balaban J connectivity index is 2.28. The van der Waals surface area contributed by atoms with Crippen LogP contribution in [0.3, 0.4) is 0 Å². The van der Waals surface area contributed by atoms with Gasteiger partial charge in [0.2, 0.25) is 0 Å². The van der Waals surface area contributed by atoms with Crippen LogP contribution in [0.5, 0.6) is 5.75 Å². The maximum absolute atomic E-state index is 5.56. The van der Waals surface area contributed by atoms with Crippen molar-refractivity contribution >= 4 is 0 Å². The number of ether oxygens (including phenoxy) is 1. The second kappa shape index (κ2) is 6.80. The maximum atomic E-state index is 5.56. The fraction of sp³-hybridized carbons (Fsp3) is 0.667. The summed E-state index contributed by atoms with van der Waals surface area (Å²) in [5.41, 5.74) is 2.87. The van der Waals surface area contributed by atoms with E-state index in [2.05, 4.69) is 56.5 Å². The van der Waals surface area contributed by atoms with Crippen LogP contribution < -0.4 is 10.1 Å². The second-order valence-electron chi connectivity index (χ2n) is 6.57. The first-order valence-electron chi connectivity index (χ1n) is 8.01. The molecule has 3 heteroatoms. The molecule has 0 bridgehead atoms. The van der Waals surface area contributed by atoms with Crippen LogP contribution in [-0.2, 0) is 6.42 Å². The van der Waals surface area contributed by atoms with Gasteiger partial charge in [0.1, 0.15) is 5.75 Å². The second-order valence-corrected chi connectivity index (χ2v) is 6.57. The molecule has 2 rings (SSSR count). The molecule has 1 aliphatic carbocycles. The summed E-state index contributed by atoms with van der Waals surface area (Å²) in [6.07, 6.45) is 6.24. The third-order valence-electron chi connectivity index (χ3n) is 5.22. The third kappa shape index (κ3) is 3.24. The predicted octanol–water partition coefficient (Wildman–Crippen LogP) is 3.01. The van der Waals surface area contributed by atoms with Gasteiger partial charge in [-0.1, -0.05) is 30.5 Å². The zero-order chi connectivity index (χ0) is 15.5. The van der Waals surface area contributed by atoms with Crippen molar-refractivity contribution in [1.29, 1.82) is 0 Å². The normalized spacial score (nSPS) is 19.0. The monoisotopic (exact) mass is 290 g/mol. The van der Waals surface area contributed by atoms with E-state index in [1.54, 1.807) is 7.11 Å². The van der Waals surface area contributed by atoms with E-state index in [1.807, 2.05) is 0 Å². The molecule has 1 aromatic carbocycles. The molecule has 1 aliphatic rings. The highest BCUT2D eigenvalue weighted by atomic mass is 16.5. The Morgan fingerprint density at radius 2 is 1.95 bits per heavy atom. The van der Waals surface area contributed by atoms with Gasteiger partial charge in [-0.05, 0) is 59.0 Å². The Labute approximate surface area is 129 Å². The summed E-state index contributed by atoms with van der Waals surface area (Å²) in [6, 6.07) is 6.93. The Morgan fingerprint density at radius 3 is 2.48 bits per heavy atom. The van der Waals surface area contributed by atoms with E-state index in [-0.39, 0.29) is 5.54 Å². The Morgan fingerprint density at radius 1 is 1.29 bits per heavy atom. The summed E-state index contributed by atoms with van der Waals surface area (Å²) >= 11 is 0. The number of methoxy groups -OCH3 is 1. The molecule has 0 heterocycles. The highest BCUT2D eigenvalue weighted by Gasteiger charge is 2.42. The fourth-order valence-electron chi connectivity index (χ4n) is 3.94. The summed E-state index contributed by atoms with van der Waals surface area (Å²) in [4.78, 5) is 2.43. The molecule has 0 amide bonds. The van der Waals surface area contributed by atoms with Crippen LogP contribution in [-0.4, -0.2) is 44.7 Å². The number of likely N-dealkylation sites (N-methyl/N-ethyl adjacent to an activating group) is 2. The van der Waals surface area contributed by atoms with Gasteiger partial charge in [0, 0.05) is 11.6 Å². The summed E-state index contributed by atoms with van der Waals surface area (Å²) in [5, 5.41) is 3.59. The van der Waals surface area contributed by atoms with E-state index in [0.717, 1.165) is 12.2 Å². The van der Waals surface area contributed by atoms with Crippen molar-refractivity contribution in [2.24, 2.45) is 0 Å². The van der Waals surface area contributed by atoms with Crippen LogP contribution in [0, 0.1) is 6.92 Å². The van der Waals surface area contributed by atoms with E-state index in [0.29, 0.717) is 6.04 Å². The highest BCUT2D eigenvalue weighted by Crippen LogP contribution is 2.38. The van der Waals surface area contributed by atoms with Crippen molar-refractivity contribution in [3.8, 4) is 5.75 Å². The summed E-state index contributed by atoms with van der Waals surface area (Å²) in [7, 11) is 8.31. The lowest BCUT2D eigenvalue weighted by Crippen LogP contribution is -2.57. The molecule has 21 heavy (non-hydrogen) atoms. The minimum atomic E-state index is 0.267. The molecule has 0 aromatic heterocycles. The van der Waals surface area contributed by atoms with Crippen molar-refractivity contribution in [1.82, 2.24) is 10.2 Å². The minimum absolute atomic E-state index is 0.267. The molecule has 118 valence electrons. The van der Waals surface area contributed by atoms with E-state index in [4.69, 9.17) is 4.74 Å². The van der Waals surface area contributed by atoms with Crippen LogP contribution in [0.2, 0.25) is 0 Å². The smallest absolute Gasteiger partial charge is 0.122 e. The molecule has 1 N–H and O–H groups in total. The number of nitrogens with zero attached hydrogens (tertiary/aromatic N) is 1. The van der Waals surface area contributed by atoms with Gasteiger partial charge in [-0.2, -0.15) is 0 Å². The van der Waals surface area contributed by atoms with Crippen LogP contribution in [0.15, 0.2) is 18.2 Å². The van der Waals surface area contributed by atoms with Crippen molar-refractivity contribution < 1.29 is 4.74 Å². The Hall–Kier alpha value is -1.06. The van der Waals surface area contributed by atoms with Gasteiger partial charge < -0.3 is 15.0 Å². The molecule has 0 saturated heterocycles. The number of benzene rings is 1. The number of aryl methyl sites for hydroxylation is 1. The molecule has 1 unspecified atom stereocenters. The SMILES string of the molecule is CNC(Cc1cc(C)ccc1OC)C1(N(C)C)CCCC1. The average Bonchev–Trinajstić information content (AvgIpc) is 2.95. The van der Waals surface area contributed by atoms with Gasteiger partial charge in [0.05, 0.1) is 7.11 Å². The van der Waals surface area contributed by atoms with Crippen molar-refractivity contribution in [2.45, 2.75) is 50.6 Å². The molecule has 1 aromatic rings. The van der Waals surface area contributed by atoms with E-state index in [1.165, 1.54) is 36.8 Å². The van der Waals surface area contributed by atoms with E-state index in [9.17, 15) is 0 Å². The fourth-order valence-corrected chi connectivity index (χ4v) is 3.94. The molecule has 1 saturated carbocycles. The van der Waals surface area contributed by atoms with E-state index >= 15 is 0 Å². The maximum Gasteiger partial charge on any atom is 0.122 e. The lowest BCUT2D eigenvalue weighted by atomic mass is 9.82. The first-order valence-corrected chi connectivity index (χ1v) is 8.01.